The van der Waals surface area contributed by atoms with Gasteiger partial charge >= 0.3 is 0 Å². The molecule has 1 aliphatic carbocycles. The van der Waals surface area contributed by atoms with Crippen LogP contribution in [0.25, 0.3) is 11.1 Å². The van der Waals surface area contributed by atoms with Crippen molar-refractivity contribution in [3.63, 3.8) is 0 Å². The average Bonchev–Trinajstić information content (AvgIpc) is 2.63. The van der Waals surface area contributed by atoms with Crippen LogP contribution < -0.4 is 0 Å². The molecule has 0 heterocycles. The van der Waals surface area contributed by atoms with Crippen LogP contribution in [0, 0.1) is 28.9 Å². The van der Waals surface area contributed by atoms with Crippen LogP contribution in [0.5, 0.6) is 0 Å². The highest BCUT2D eigenvalue weighted by Crippen LogP contribution is 2.34. The highest BCUT2D eigenvalue weighted by Gasteiger charge is 2.31. The van der Waals surface area contributed by atoms with Crippen molar-refractivity contribution in [1.29, 1.82) is 5.26 Å². The van der Waals surface area contributed by atoms with Crippen LogP contribution in [0.4, 0.5) is 8.78 Å². The molecule has 0 spiro atoms. The van der Waals surface area contributed by atoms with Gasteiger partial charge in [-0.25, -0.2) is 17.2 Å². The van der Waals surface area contributed by atoms with Gasteiger partial charge in [-0.05, 0) is 62.8 Å². The van der Waals surface area contributed by atoms with Crippen LogP contribution in [0.3, 0.4) is 0 Å². The monoisotopic (exact) mass is 405 g/mol. The van der Waals surface area contributed by atoms with Crippen LogP contribution in [-0.4, -0.2) is 24.9 Å². The van der Waals surface area contributed by atoms with E-state index in [1.54, 1.807) is 6.92 Å². The summed E-state index contributed by atoms with van der Waals surface area (Å²) in [4.78, 5) is 0.00709. The summed E-state index contributed by atoms with van der Waals surface area (Å²) in [5.74, 6) is -1.66. The van der Waals surface area contributed by atoms with E-state index in [-0.39, 0.29) is 33.3 Å². The van der Waals surface area contributed by atoms with E-state index in [2.05, 4.69) is 0 Å². The summed E-state index contributed by atoms with van der Waals surface area (Å²) < 4.78 is 52.8. The highest BCUT2D eigenvalue weighted by molar-refractivity contribution is 7.91. The van der Waals surface area contributed by atoms with E-state index < -0.39 is 27.1 Å². The molecule has 0 atom stereocenters. The van der Waals surface area contributed by atoms with E-state index in [1.807, 2.05) is 6.07 Å². The lowest BCUT2D eigenvalue weighted by Gasteiger charge is -2.32. The number of aliphatic hydroxyl groups is 1. The number of sulfone groups is 1. The Kier molecular flexibility index (Phi) is 5.55. The second kappa shape index (κ2) is 7.61. The van der Waals surface area contributed by atoms with Gasteiger partial charge in [0.1, 0.15) is 11.6 Å². The van der Waals surface area contributed by atoms with Gasteiger partial charge in [0, 0.05) is 17.2 Å². The molecule has 3 rings (SSSR count). The second-order valence-electron chi connectivity index (χ2n) is 7.67. The molecule has 0 bridgehead atoms. The lowest BCUT2D eigenvalue weighted by Crippen LogP contribution is -2.32. The standard InChI is InChI=1S/C21H21F2NO3S/c1-21(25)8-6-14(7-9-21)13-28(26,27)17-3-5-18(15(10-17)12-24)19-4-2-16(22)11-20(19)23/h2-5,10-11,14,25H,6-9,13H2,1H3. The van der Waals surface area contributed by atoms with Crippen LogP contribution >= 0.6 is 0 Å². The van der Waals surface area contributed by atoms with Crippen molar-refractivity contribution in [2.45, 2.75) is 43.1 Å². The van der Waals surface area contributed by atoms with E-state index in [9.17, 15) is 27.6 Å². The maximum absolute atomic E-state index is 14.1. The first-order valence-corrected chi connectivity index (χ1v) is 10.7. The lowest BCUT2D eigenvalue weighted by atomic mass is 9.81. The Labute approximate surface area is 163 Å². The van der Waals surface area contributed by atoms with Crippen LogP contribution in [0.15, 0.2) is 41.3 Å². The molecule has 0 radical (unpaired) electrons. The molecular formula is C21H21F2NO3S. The van der Waals surface area contributed by atoms with E-state index in [4.69, 9.17) is 0 Å². The smallest absolute Gasteiger partial charge is 0.178 e. The number of hydrogen-bond donors (Lipinski definition) is 1. The Morgan fingerprint density at radius 3 is 2.39 bits per heavy atom. The van der Waals surface area contributed by atoms with Gasteiger partial charge in [-0.3, -0.25) is 0 Å². The molecule has 148 valence electrons. The Morgan fingerprint density at radius 2 is 1.79 bits per heavy atom. The van der Waals surface area contributed by atoms with Gasteiger partial charge in [-0.15, -0.1) is 0 Å². The number of nitrogens with zero attached hydrogens (tertiary/aromatic N) is 1. The largest absolute Gasteiger partial charge is 0.390 e. The molecule has 2 aromatic rings. The number of halogens is 2. The molecule has 0 aliphatic heterocycles. The van der Waals surface area contributed by atoms with Crippen molar-refractivity contribution < 1.29 is 22.3 Å². The van der Waals surface area contributed by atoms with Crippen molar-refractivity contribution in [3.05, 3.63) is 53.6 Å². The molecule has 0 aromatic heterocycles. The van der Waals surface area contributed by atoms with E-state index in [0.29, 0.717) is 25.7 Å². The fraction of sp³-hybridized carbons (Fsp3) is 0.381. The predicted octanol–water partition coefficient (Wildman–Crippen LogP) is 4.22. The summed E-state index contributed by atoms with van der Waals surface area (Å²) in [6.45, 7) is 1.75. The van der Waals surface area contributed by atoms with Crippen molar-refractivity contribution in [2.75, 3.05) is 5.75 Å². The van der Waals surface area contributed by atoms with Gasteiger partial charge in [-0.2, -0.15) is 5.26 Å². The third kappa shape index (κ3) is 4.40. The Hall–Kier alpha value is -2.30. The lowest BCUT2D eigenvalue weighted by molar-refractivity contribution is 0.0108. The maximum Gasteiger partial charge on any atom is 0.178 e. The van der Waals surface area contributed by atoms with Gasteiger partial charge in [0.15, 0.2) is 9.84 Å². The summed E-state index contributed by atoms with van der Waals surface area (Å²) >= 11 is 0. The summed E-state index contributed by atoms with van der Waals surface area (Å²) in [6, 6.07) is 8.92. The maximum atomic E-state index is 14.1. The van der Waals surface area contributed by atoms with Crippen molar-refractivity contribution in [1.82, 2.24) is 0 Å². The molecule has 28 heavy (non-hydrogen) atoms. The third-order valence-corrected chi connectivity index (χ3v) is 7.21. The van der Waals surface area contributed by atoms with Crippen molar-refractivity contribution in [3.8, 4) is 17.2 Å². The normalized spacial score (nSPS) is 22.6. The van der Waals surface area contributed by atoms with E-state index >= 15 is 0 Å². The molecule has 7 heteroatoms. The zero-order valence-electron chi connectivity index (χ0n) is 15.5. The molecule has 1 saturated carbocycles. The van der Waals surface area contributed by atoms with Crippen LogP contribution in [-0.2, 0) is 9.84 Å². The van der Waals surface area contributed by atoms with E-state index in [0.717, 1.165) is 12.1 Å². The Bertz CT molecular complexity index is 1030. The molecule has 1 N–H and O–H groups in total. The summed E-state index contributed by atoms with van der Waals surface area (Å²) in [5, 5.41) is 19.4. The van der Waals surface area contributed by atoms with Gasteiger partial charge < -0.3 is 5.11 Å². The molecule has 0 saturated heterocycles. The SMILES string of the molecule is CC1(O)CCC(CS(=O)(=O)c2ccc(-c3ccc(F)cc3F)c(C#N)c2)CC1. The quantitative estimate of drug-likeness (QED) is 0.826. The van der Waals surface area contributed by atoms with E-state index in [1.165, 1.54) is 24.3 Å². The fourth-order valence-electron chi connectivity index (χ4n) is 3.62. The topological polar surface area (TPSA) is 78.2 Å². The van der Waals surface area contributed by atoms with Gasteiger partial charge in [0.05, 0.1) is 27.9 Å². The highest BCUT2D eigenvalue weighted by atomic mass is 32.2. The average molecular weight is 405 g/mol. The Morgan fingerprint density at radius 1 is 1.14 bits per heavy atom. The fourth-order valence-corrected chi connectivity index (χ4v) is 5.34. The van der Waals surface area contributed by atoms with Gasteiger partial charge in [-0.1, -0.05) is 6.07 Å². The first-order chi connectivity index (χ1) is 13.1. The second-order valence-corrected chi connectivity index (χ2v) is 9.70. The molecule has 1 fully saturated rings. The predicted molar refractivity (Wildman–Crippen MR) is 101 cm³/mol. The molecule has 2 aromatic carbocycles. The number of hydrogen-bond acceptors (Lipinski definition) is 4. The minimum Gasteiger partial charge on any atom is -0.390 e. The number of benzene rings is 2. The van der Waals surface area contributed by atoms with Gasteiger partial charge in [0.25, 0.3) is 0 Å². The van der Waals surface area contributed by atoms with Crippen LogP contribution in [0.2, 0.25) is 0 Å². The van der Waals surface area contributed by atoms with Gasteiger partial charge in [0.2, 0.25) is 0 Å². The molecule has 0 unspecified atom stereocenters. The minimum atomic E-state index is -3.63. The summed E-state index contributed by atoms with van der Waals surface area (Å²) in [7, 11) is -3.63. The first kappa shape index (κ1) is 20.4. The van der Waals surface area contributed by atoms with Crippen molar-refractivity contribution in [2.24, 2.45) is 5.92 Å². The Balaban J connectivity index is 1.88. The first-order valence-electron chi connectivity index (χ1n) is 9.06. The molecular weight excluding hydrogens is 384 g/mol. The third-order valence-electron chi connectivity index (χ3n) is 5.33. The zero-order chi connectivity index (χ0) is 20.5. The van der Waals surface area contributed by atoms with Crippen molar-refractivity contribution >= 4 is 9.84 Å². The summed E-state index contributed by atoms with van der Waals surface area (Å²) in [6.07, 6.45) is 2.35. The summed E-state index contributed by atoms with van der Waals surface area (Å²) in [5.41, 5.74) is -0.475. The number of nitriles is 1. The van der Waals surface area contributed by atoms with Crippen LogP contribution in [0.1, 0.15) is 38.2 Å². The minimum absolute atomic E-state index is 0.00709. The number of rotatable bonds is 4. The molecule has 1 aliphatic rings. The molecule has 4 nitrogen and oxygen atoms in total. The zero-order valence-corrected chi connectivity index (χ0v) is 16.3. The molecule has 0 amide bonds.